The molecule has 1 aromatic heterocycles. The van der Waals surface area contributed by atoms with Crippen molar-refractivity contribution in [3.63, 3.8) is 0 Å². The fraction of sp³-hybridized carbons (Fsp3) is 0.412. The van der Waals surface area contributed by atoms with Crippen molar-refractivity contribution < 1.29 is 13.6 Å². The van der Waals surface area contributed by atoms with E-state index in [0.29, 0.717) is 5.69 Å². The normalized spacial score (nSPS) is 16.0. The number of amides is 1. The van der Waals surface area contributed by atoms with Gasteiger partial charge in [0.25, 0.3) is 5.91 Å². The number of hydrogen-bond donors (Lipinski definition) is 3. The predicted molar refractivity (Wildman–Crippen MR) is 90.3 cm³/mol. The number of nitrogens with one attached hydrogen (secondary N) is 3. The maximum atomic E-state index is 13.7. The van der Waals surface area contributed by atoms with Crippen LogP contribution in [0.15, 0.2) is 24.4 Å². The van der Waals surface area contributed by atoms with Crippen LogP contribution in [0.4, 0.5) is 14.5 Å². The number of halogens is 2. The smallest absolute Gasteiger partial charge is 0.271 e. The summed E-state index contributed by atoms with van der Waals surface area (Å²) in [6.45, 7) is 1.80. The quantitative estimate of drug-likeness (QED) is 0.773. The van der Waals surface area contributed by atoms with Crippen molar-refractivity contribution in [2.24, 2.45) is 0 Å². The number of aromatic amines is 1. The molecule has 0 saturated carbocycles. The van der Waals surface area contributed by atoms with Gasteiger partial charge in [-0.05, 0) is 45.1 Å². The average molecular weight is 349 g/mol. The second-order valence-corrected chi connectivity index (χ2v) is 6.26. The van der Waals surface area contributed by atoms with Crippen molar-refractivity contribution in [2.75, 3.05) is 25.5 Å². The molecule has 1 aromatic carbocycles. The molecule has 0 unspecified atom stereocenters. The van der Waals surface area contributed by atoms with E-state index in [9.17, 15) is 13.6 Å². The first-order valence-electron chi connectivity index (χ1n) is 8.24. The number of benzene rings is 1. The van der Waals surface area contributed by atoms with E-state index in [-0.39, 0.29) is 29.8 Å². The van der Waals surface area contributed by atoms with E-state index in [1.54, 1.807) is 0 Å². The molecule has 1 aliphatic heterocycles. The molecule has 3 rings (SSSR count). The molecular weight excluding hydrogens is 328 g/mol. The number of likely N-dealkylation sites (tertiary alicyclic amines) is 1. The molecule has 0 bridgehead atoms. The zero-order valence-corrected chi connectivity index (χ0v) is 14.0. The monoisotopic (exact) mass is 349 g/mol. The molecule has 0 aliphatic carbocycles. The zero-order chi connectivity index (χ0) is 17.8. The summed E-state index contributed by atoms with van der Waals surface area (Å²) in [5, 5.41) is 12.4. The highest BCUT2D eigenvalue weighted by atomic mass is 19.1. The third kappa shape index (κ3) is 4.14. The molecule has 1 amide bonds. The van der Waals surface area contributed by atoms with Crippen LogP contribution in [0.2, 0.25) is 0 Å². The van der Waals surface area contributed by atoms with Gasteiger partial charge in [-0.15, -0.1) is 0 Å². The fourth-order valence-corrected chi connectivity index (χ4v) is 2.89. The summed E-state index contributed by atoms with van der Waals surface area (Å²) in [4.78, 5) is 14.7. The highest BCUT2D eigenvalue weighted by Gasteiger charge is 2.21. The van der Waals surface area contributed by atoms with Gasteiger partial charge in [-0.2, -0.15) is 5.10 Å². The van der Waals surface area contributed by atoms with Crippen molar-refractivity contribution in [3.05, 3.63) is 47.3 Å². The fourth-order valence-electron chi connectivity index (χ4n) is 2.89. The van der Waals surface area contributed by atoms with Gasteiger partial charge in [-0.25, -0.2) is 8.78 Å². The first-order chi connectivity index (χ1) is 12.0. The SMILES string of the molecule is CN1CCC(NC(=O)c2[nH]ncc2NCc2c(F)cccc2F)CC1. The summed E-state index contributed by atoms with van der Waals surface area (Å²) in [5.41, 5.74) is 0.592. The van der Waals surface area contributed by atoms with E-state index < -0.39 is 11.6 Å². The second-order valence-electron chi connectivity index (χ2n) is 6.26. The largest absolute Gasteiger partial charge is 0.378 e. The van der Waals surface area contributed by atoms with Crippen LogP contribution in [0.5, 0.6) is 0 Å². The molecule has 3 N–H and O–H groups in total. The van der Waals surface area contributed by atoms with Gasteiger partial charge < -0.3 is 15.5 Å². The average Bonchev–Trinajstić information content (AvgIpc) is 3.05. The van der Waals surface area contributed by atoms with Gasteiger partial charge in [0.15, 0.2) is 0 Å². The van der Waals surface area contributed by atoms with Crippen LogP contribution in [0.1, 0.15) is 28.9 Å². The molecule has 6 nitrogen and oxygen atoms in total. The van der Waals surface area contributed by atoms with E-state index in [4.69, 9.17) is 0 Å². The van der Waals surface area contributed by atoms with Crippen molar-refractivity contribution in [3.8, 4) is 0 Å². The van der Waals surface area contributed by atoms with Gasteiger partial charge >= 0.3 is 0 Å². The maximum absolute atomic E-state index is 13.7. The van der Waals surface area contributed by atoms with Crippen LogP contribution in [0.25, 0.3) is 0 Å². The number of hydrogen-bond acceptors (Lipinski definition) is 4. The van der Waals surface area contributed by atoms with Crippen LogP contribution in [0, 0.1) is 11.6 Å². The van der Waals surface area contributed by atoms with Crippen LogP contribution < -0.4 is 10.6 Å². The van der Waals surface area contributed by atoms with Gasteiger partial charge in [0, 0.05) is 18.2 Å². The minimum atomic E-state index is -0.631. The zero-order valence-electron chi connectivity index (χ0n) is 14.0. The van der Waals surface area contributed by atoms with Gasteiger partial charge in [0.2, 0.25) is 0 Å². The number of carbonyl (C=O) groups excluding carboxylic acids is 1. The van der Waals surface area contributed by atoms with Gasteiger partial charge in [-0.3, -0.25) is 9.89 Å². The highest BCUT2D eigenvalue weighted by Crippen LogP contribution is 2.18. The number of rotatable bonds is 5. The first-order valence-corrected chi connectivity index (χ1v) is 8.24. The van der Waals surface area contributed by atoms with Crippen molar-refractivity contribution in [1.82, 2.24) is 20.4 Å². The molecule has 2 heterocycles. The lowest BCUT2D eigenvalue weighted by molar-refractivity contribution is 0.0912. The van der Waals surface area contributed by atoms with Gasteiger partial charge in [-0.1, -0.05) is 6.07 Å². The topological polar surface area (TPSA) is 73.0 Å². The number of nitrogens with zero attached hydrogens (tertiary/aromatic N) is 2. The van der Waals surface area contributed by atoms with Gasteiger partial charge in [0.1, 0.15) is 17.3 Å². The van der Waals surface area contributed by atoms with Crippen LogP contribution in [0.3, 0.4) is 0 Å². The van der Waals surface area contributed by atoms with Crippen LogP contribution in [-0.2, 0) is 6.54 Å². The summed E-state index contributed by atoms with van der Waals surface area (Å²) >= 11 is 0. The molecule has 1 saturated heterocycles. The Morgan fingerprint density at radius 3 is 2.68 bits per heavy atom. The van der Waals surface area contributed by atoms with Gasteiger partial charge in [0.05, 0.1) is 11.9 Å². The van der Waals surface area contributed by atoms with E-state index >= 15 is 0 Å². The van der Waals surface area contributed by atoms with E-state index in [1.807, 2.05) is 0 Å². The standard InChI is InChI=1S/C17H21F2N5O/c1-24-7-5-11(6-8-24)22-17(25)16-15(10-21-23-16)20-9-12-13(18)3-2-4-14(12)19/h2-4,10-11,20H,5-9H2,1H3,(H,21,23)(H,22,25). The van der Waals surface area contributed by atoms with Crippen molar-refractivity contribution >= 4 is 11.6 Å². The number of anilines is 1. The molecule has 0 radical (unpaired) electrons. The summed E-state index contributed by atoms with van der Waals surface area (Å²) < 4.78 is 27.4. The number of piperidine rings is 1. The highest BCUT2D eigenvalue weighted by molar-refractivity contribution is 5.97. The van der Waals surface area contributed by atoms with Crippen LogP contribution >= 0.6 is 0 Å². The number of carbonyl (C=O) groups is 1. The van der Waals surface area contributed by atoms with Crippen molar-refractivity contribution in [1.29, 1.82) is 0 Å². The van der Waals surface area contributed by atoms with Crippen LogP contribution in [-0.4, -0.2) is 47.2 Å². The summed E-state index contributed by atoms with van der Waals surface area (Å²) in [6, 6.07) is 3.82. The Hall–Kier alpha value is -2.48. The Morgan fingerprint density at radius 1 is 1.32 bits per heavy atom. The van der Waals surface area contributed by atoms with E-state index in [2.05, 4.69) is 32.8 Å². The Morgan fingerprint density at radius 2 is 2.00 bits per heavy atom. The predicted octanol–water partition coefficient (Wildman–Crippen LogP) is 2.12. The second kappa shape index (κ2) is 7.60. The molecule has 1 fully saturated rings. The molecular formula is C17H21F2N5O. The van der Waals surface area contributed by atoms with E-state index in [0.717, 1.165) is 25.9 Å². The Bertz CT molecular complexity index is 720. The summed E-state index contributed by atoms with van der Waals surface area (Å²) in [7, 11) is 2.05. The summed E-state index contributed by atoms with van der Waals surface area (Å²) in [5.74, 6) is -1.54. The maximum Gasteiger partial charge on any atom is 0.271 e. The van der Waals surface area contributed by atoms with E-state index in [1.165, 1.54) is 24.4 Å². The molecule has 2 aromatic rings. The molecule has 0 atom stereocenters. The van der Waals surface area contributed by atoms with Crippen molar-refractivity contribution in [2.45, 2.75) is 25.4 Å². The first kappa shape index (κ1) is 17.3. The summed E-state index contributed by atoms with van der Waals surface area (Å²) in [6.07, 6.45) is 3.21. The minimum absolute atomic E-state index is 0.0768. The third-order valence-corrected chi connectivity index (χ3v) is 4.44. The minimum Gasteiger partial charge on any atom is -0.378 e. The third-order valence-electron chi connectivity index (χ3n) is 4.44. The molecule has 134 valence electrons. The number of H-pyrrole nitrogens is 1. The Balaban J connectivity index is 1.63. The molecule has 25 heavy (non-hydrogen) atoms. The Labute approximate surface area is 144 Å². The lowest BCUT2D eigenvalue weighted by Gasteiger charge is -2.29. The number of aromatic nitrogens is 2. The lowest BCUT2D eigenvalue weighted by Crippen LogP contribution is -2.43. The Kier molecular flexibility index (Phi) is 5.28. The molecule has 0 spiro atoms. The molecule has 1 aliphatic rings. The molecule has 8 heteroatoms. The lowest BCUT2D eigenvalue weighted by atomic mass is 10.1.